The van der Waals surface area contributed by atoms with Crippen LogP contribution in [0, 0.1) is 5.82 Å². The van der Waals surface area contributed by atoms with Gasteiger partial charge in [-0.1, -0.05) is 18.9 Å². The van der Waals surface area contributed by atoms with Crippen LogP contribution in [0.1, 0.15) is 41.6 Å². The van der Waals surface area contributed by atoms with Crippen molar-refractivity contribution in [3.05, 3.63) is 35.1 Å². The second-order valence-corrected chi connectivity index (χ2v) is 4.62. The van der Waals surface area contributed by atoms with Crippen molar-refractivity contribution in [2.75, 3.05) is 13.1 Å². The lowest BCUT2D eigenvalue weighted by Crippen LogP contribution is -2.26. The summed E-state index contributed by atoms with van der Waals surface area (Å²) in [6, 6.07) is 2.66. The third-order valence-corrected chi connectivity index (χ3v) is 2.97. The zero-order valence-corrected chi connectivity index (χ0v) is 11.5. The highest BCUT2D eigenvalue weighted by Gasteiger charge is 2.35. The van der Waals surface area contributed by atoms with Crippen molar-refractivity contribution in [3.8, 4) is 0 Å². The van der Waals surface area contributed by atoms with E-state index in [4.69, 9.17) is 5.73 Å². The van der Waals surface area contributed by atoms with Crippen LogP contribution < -0.4 is 11.1 Å². The molecule has 0 fully saturated rings. The molecule has 7 heteroatoms. The topological polar surface area (TPSA) is 55.1 Å². The van der Waals surface area contributed by atoms with Crippen molar-refractivity contribution in [1.29, 1.82) is 0 Å². The molecule has 0 aliphatic heterocycles. The summed E-state index contributed by atoms with van der Waals surface area (Å²) in [5.74, 6) is -2.37. The van der Waals surface area contributed by atoms with E-state index < -0.39 is 29.0 Å². The minimum atomic E-state index is -4.82. The molecule has 0 atom stereocenters. The zero-order chi connectivity index (χ0) is 15.9. The number of halogens is 4. The van der Waals surface area contributed by atoms with E-state index in [0.29, 0.717) is 25.6 Å². The van der Waals surface area contributed by atoms with Crippen LogP contribution in [0.5, 0.6) is 0 Å². The maximum atomic E-state index is 13.7. The molecule has 3 N–H and O–H groups in total. The minimum absolute atomic E-state index is 0.291. The number of unbranched alkanes of at least 4 members (excludes halogenated alkanes) is 3. The number of hydrogen-bond acceptors (Lipinski definition) is 2. The van der Waals surface area contributed by atoms with Crippen LogP contribution in [-0.4, -0.2) is 19.0 Å². The summed E-state index contributed by atoms with van der Waals surface area (Å²) >= 11 is 0. The van der Waals surface area contributed by atoms with E-state index in [1.54, 1.807) is 0 Å². The van der Waals surface area contributed by atoms with Crippen molar-refractivity contribution < 1.29 is 22.4 Å². The summed E-state index contributed by atoms with van der Waals surface area (Å²) < 4.78 is 51.3. The smallest absolute Gasteiger partial charge is 0.352 e. The van der Waals surface area contributed by atoms with Gasteiger partial charge in [0.2, 0.25) is 0 Å². The summed E-state index contributed by atoms with van der Waals surface area (Å²) in [5, 5.41) is 2.42. The Morgan fingerprint density at radius 3 is 2.43 bits per heavy atom. The van der Waals surface area contributed by atoms with Gasteiger partial charge in [0, 0.05) is 6.54 Å². The van der Waals surface area contributed by atoms with Gasteiger partial charge in [0.15, 0.2) is 0 Å². The minimum Gasteiger partial charge on any atom is -0.352 e. The molecule has 0 aromatic heterocycles. The first-order valence-electron chi connectivity index (χ1n) is 6.72. The average Bonchev–Trinajstić information content (AvgIpc) is 2.41. The van der Waals surface area contributed by atoms with Crippen LogP contribution in [0.2, 0.25) is 0 Å². The second kappa shape index (κ2) is 7.97. The lowest BCUT2D eigenvalue weighted by atomic mass is 10.1. The van der Waals surface area contributed by atoms with Crippen LogP contribution in [0.3, 0.4) is 0 Å². The maximum Gasteiger partial charge on any atom is 0.419 e. The van der Waals surface area contributed by atoms with Crippen LogP contribution in [0.25, 0.3) is 0 Å². The molecule has 118 valence electrons. The summed E-state index contributed by atoms with van der Waals surface area (Å²) in [7, 11) is 0. The van der Waals surface area contributed by atoms with E-state index in [9.17, 15) is 22.4 Å². The molecule has 0 saturated heterocycles. The Balaban J connectivity index is 2.59. The molecule has 0 unspecified atom stereocenters. The van der Waals surface area contributed by atoms with Crippen molar-refractivity contribution in [1.82, 2.24) is 5.32 Å². The van der Waals surface area contributed by atoms with Crippen molar-refractivity contribution in [2.24, 2.45) is 5.73 Å². The van der Waals surface area contributed by atoms with Gasteiger partial charge in [-0.25, -0.2) is 4.39 Å². The number of hydrogen-bond donors (Lipinski definition) is 2. The Bertz CT molecular complexity index is 475. The number of carbonyl (C=O) groups is 1. The van der Waals surface area contributed by atoms with Gasteiger partial charge in [-0.3, -0.25) is 4.79 Å². The number of nitrogens with two attached hydrogens (primary N) is 1. The standard InChI is InChI=1S/C14H18F4N2O/c15-12-10(6-5-7-11(12)14(16,17)18)13(21)20-9-4-2-1-3-8-19/h5-7H,1-4,8-9,19H2,(H,20,21). The average molecular weight is 306 g/mol. The molecule has 0 aliphatic rings. The monoisotopic (exact) mass is 306 g/mol. The van der Waals surface area contributed by atoms with Crippen molar-refractivity contribution in [3.63, 3.8) is 0 Å². The van der Waals surface area contributed by atoms with Gasteiger partial charge in [0.05, 0.1) is 11.1 Å². The predicted molar refractivity (Wildman–Crippen MR) is 71.3 cm³/mol. The van der Waals surface area contributed by atoms with Crippen LogP contribution >= 0.6 is 0 Å². The third-order valence-electron chi connectivity index (χ3n) is 2.97. The van der Waals surface area contributed by atoms with E-state index in [0.717, 1.165) is 31.4 Å². The van der Waals surface area contributed by atoms with Crippen molar-refractivity contribution >= 4 is 5.91 Å². The van der Waals surface area contributed by atoms with Gasteiger partial charge < -0.3 is 11.1 Å². The highest BCUT2D eigenvalue weighted by Crippen LogP contribution is 2.32. The van der Waals surface area contributed by atoms with Crippen LogP contribution in [0.15, 0.2) is 18.2 Å². The Morgan fingerprint density at radius 2 is 1.81 bits per heavy atom. The Hall–Kier alpha value is -1.63. The first-order valence-corrected chi connectivity index (χ1v) is 6.72. The summed E-state index contributed by atoms with van der Waals surface area (Å²) in [5.41, 5.74) is 3.31. The molecular weight excluding hydrogens is 288 g/mol. The fourth-order valence-electron chi connectivity index (χ4n) is 1.85. The quantitative estimate of drug-likeness (QED) is 0.601. The summed E-state index contributed by atoms with van der Waals surface area (Å²) in [6.07, 6.45) is -1.49. The lowest BCUT2D eigenvalue weighted by Gasteiger charge is -2.11. The first kappa shape index (κ1) is 17.4. The molecule has 0 heterocycles. The van der Waals surface area contributed by atoms with E-state index in [2.05, 4.69) is 5.32 Å². The van der Waals surface area contributed by atoms with Crippen LogP contribution in [-0.2, 0) is 6.18 Å². The molecule has 21 heavy (non-hydrogen) atoms. The van der Waals surface area contributed by atoms with E-state index >= 15 is 0 Å². The van der Waals surface area contributed by atoms with Gasteiger partial charge in [-0.15, -0.1) is 0 Å². The lowest BCUT2D eigenvalue weighted by molar-refractivity contribution is -0.140. The fraction of sp³-hybridized carbons (Fsp3) is 0.500. The normalized spacial score (nSPS) is 11.5. The Kier molecular flexibility index (Phi) is 6.61. The maximum absolute atomic E-state index is 13.7. The number of carbonyl (C=O) groups excluding carboxylic acids is 1. The van der Waals surface area contributed by atoms with E-state index in [1.165, 1.54) is 0 Å². The third kappa shape index (κ3) is 5.34. The van der Waals surface area contributed by atoms with Gasteiger partial charge in [-0.2, -0.15) is 13.2 Å². The highest BCUT2D eigenvalue weighted by molar-refractivity contribution is 5.94. The van der Waals surface area contributed by atoms with Gasteiger partial charge in [0.1, 0.15) is 5.82 Å². The van der Waals surface area contributed by atoms with Gasteiger partial charge in [0.25, 0.3) is 5.91 Å². The summed E-state index contributed by atoms with van der Waals surface area (Å²) in [4.78, 5) is 11.7. The number of alkyl halides is 3. The molecule has 1 aromatic rings. The van der Waals surface area contributed by atoms with E-state index in [-0.39, 0.29) is 0 Å². The summed E-state index contributed by atoms with van der Waals surface area (Å²) in [6.45, 7) is 0.890. The number of rotatable bonds is 7. The molecule has 1 rings (SSSR count). The number of amides is 1. The molecular formula is C14H18F4N2O. The molecule has 0 spiro atoms. The predicted octanol–water partition coefficient (Wildman–Crippen LogP) is 3.09. The van der Waals surface area contributed by atoms with E-state index in [1.807, 2.05) is 0 Å². The van der Waals surface area contributed by atoms with Gasteiger partial charge in [-0.05, 0) is 31.5 Å². The van der Waals surface area contributed by atoms with Gasteiger partial charge >= 0.3 is 6.18 Å². The molecule has 3 nitrogen and oxygen atoms in total. The Morgan fingerprint density at radius 1 is 1.14 bits per heavy atom. The zero-order valence-electron chi connectivity index (χ0n) is 11.5. The molecule has 0 aliphatic carbocycles. The Labute approximate surface area is 120 Å². The largest absolute Gasteiger partial charge is 0.419 e. The number of nitrogens with one attached hydrogen (secondary N) is 1. The SMILES string of the molecule is NCCCCCCNC(=O)c1cccc(C(F)(F)F)c1F. The molecule has 1 aromatic carbocycles. The van der Waals surface area contributed by atoms with Crippen LogP contribution in [0.4, 0.5) is 17.6 Å². The van der Waals surface area contributed by atoms with Crippen molar-refractivity contribution in [2.45, 2.75) is 31.9 Å². The fourth-order valence-corrected chi connectivity index (χ4v) is 1.85. The molecule has 0 saturated carbocycles. The molecule has 1 amide bonds. The number of benzene rings is 1. The second-order valence-electron chi connectivity index (χ2n) is 4.62. The first-order chi connectivity index (χ1) is 9.88. The molecule has 0 radical (unpaired) electrons. The molecule has 0 bridgehead atoms. The highest BCUT2D eigenvalue weighted by atomic mass is 19.4.